The van der Waals surface area contributed by atoms with Crippen molar-refractivity contribution in [2.45, 2.75) is 30.1 Å². The normalized spacial score (nSPS) is 20.9. The number of nitrogens with one attached hydrogen (secondary N) is 1. The van der Waals surface area contributed by atoms with Crippen molar-refractivity contribution in [3.63, 3.8) is 0 Å². The van der Waals surface area contributed by atoms with E-state index in [-0.39, 0.29) is 11.7 Å². The molecule has 2 aromatic carbocycles. The van der Waals surface area contributed by atoms with Crippen LogP contribution in [0.2, 0.25) is 0 Å². The molecule has 0 radical (unpaired) electrons. The molecule has 1 unspecified atom stereocenters. The summed E-state index contributed by atoms with van der Waals surface area (Å²) in [7, 11) is -1.73. The molecule has 1 atom stereocenters. The molecule has 0 spiro atoms. The van der Waals surface area contributed by atoms with Gasteiger partial charge >= 0.3 is 0 Å². The van der Waals surface area contributed by atoms with Gasteiger partial charge < -0.3 is 10.1 Å². The molecule has 1 fully saturated rings. The van der Waals surface area contributed by atoms with Gasteiger partial charge in [0.1, 0.15) is 11.5 Å². The smallest absolute Gasteiger partial charge is 0.254 e. The number of sulfone groups is 1. The largest absolute Gasteiger partial charge is 0.456 e. The fourth-order valence-corrected chi connectivity index (χ4v) is 5.35. The molecule has 1 aliphatic heterocycles. The maximum Gasteiger partial charge on any atom is 0.254 e. The summed E-state index contributed by atoms with van der Waals surface area (Å²) >= 11 is 0. The van der Waals surface area contributed by atoms with Crippen LogP contribution in [0.1, 0.15) is 41.1 Å². The van der Waals surface area contributed by atoms with Gasteiger partial charge in [-0.2, -0.15) is 0 Å². The fourth-order valence-electron chi connectivity index (χ4n) is 3.69. The Bertz CT molecular complexity index is 964. The Balaban J connectivity index is 1.71. The molecule has 1 aliphatic carbocycles. The van der Waals surface area contributed by atoms with Crippen molar-refractivity contribution in [2.24, 2.45) is 5.92 Å². The second-order valence-corrected chi connectivity index (χ2v) is 9.01. The first kappa shape index (κ1) is 17.1. The van der Waals surface area contributed by atoms with Gasteiger partial charge in [0, 0.05) is 7.05 Å². The zero-order valence-electron chi connectivity index (χ0n) is 14.6. The van der Waals surface area contributed by atoms with Gasteiger partial charge in [-0.1, -0.05) is 18.2 Å². The molecule has 4 rings (SSSR count). The zero-order valence-corrected chi connectivity index (χ0v) is 15.4. The van der Waals surface area contributed by atoms with E-state index in [1.165, 1.54) is 12.8 Å². The zero-order chi connectivity index (χ0) is 18.3. The minimum atomic E-state index is -3.29. The first-order valence-electron chi connectivity index (χ1n) is 8.85. The summed E-state index contributed by atoms with van der Waals surface area (Å²) in [5.74, 6) is 1.73. The van der Waals surface area contributed by atoms with Crippen molar-refractivity contribution in [2.75, 3.05) is 12.8 Å². The van der Waals surface area contributed by atoms with Crippen LogP contribution >= 0.6 is 0 Å². The van der Waals surface area contributed by atoms with E-state index < -0.39 is 9.84 Å². The number of carbonyl (C=O) groups is 1. The first-order chi connectivity index (χ1) is 12.5. The minimum Gasteiger partial charge on any atom is -0.456 e. The maximum absolute atomic E-state index is 12.6. The number of hydrogen-bond donors (Lipinski definition) is 1. The number of rotatable bonds is 4. The van der Waals surface area contributed by atoms with E-state index in [9.17, 15) is 13.2 Å². The number of para-hydroxylation sites is 1. The Kier molecular flexibility index (Phi) is 4.23. The van der Waals surface area contributed by atoms with E-state index in [2.05, 4.69) is 5.32 Å². The molecule has 6 heteroatoms. The average molecular weight is 371 g/mol. The van der Waals surface area contributed by atoms with Gasteiger partial charge in [-0.05, 0) is 60.9 Å². The standard InChI is InChI=1S/C20H21NO4S/c1-21-20(22)17-4-2-3-5-18(17)25-14-8-9-16-15(13-6-7-13)10-11-26(23,24)19(16)12-14/h2-5,8-9,12-13,15H,6-7,10-11H2,1H3,(H,21,22). The van der Waals surface area contributed by atoms with Crippen LogP contribution in [0.15, 0.2) is 47.4 Å². The van der Waals surface area contributed by atoms with Gasteiger partial charge in [0.2, 0.25) is 0 Å². The number of benzene rings is 2. The molecule has 5 nitrogen and oxygen atoms in total. The van der Waals surface area contributed by atoms with Crippen LogP contribution in [-0.4, -0.2) is 27.1 Å². The molecule has 1 amide bonds. The number of hydrogen-bond acceptors (Lipinski definition) is 4. The molecule has 2 aromatic rings. The van der Waals surface area contributed by atoms with Crippen molar-refractivity contribution >= 4 is 15.7 Å². The Hall–Kier alpha value is -2.34. The van der Waals surface area contributed by atoms with E-state index in [4.69, 9.17) is 4.74 Å². The van der Waals surface area contributed by atoms with Crippen LogP contribution in [0.4, 0.5) is 0 Å². The number of ether oxygens (including phenoxy) is 1. The molecule has 2 aliphatic rings. The molecule has 0 aromatic heterocycles. The Labute approximate surface area is 153 Å². The fraction of sp³-hybridized carbons (Fsp3) is 0.350. The van der Waals surface area contributed by atoms with E-state index in [0.717, 1.165) is 5.56 Å². The van der Waals surface area contributed by atoms with E-state index >= 15 is 0 Å². The average Bonchev–Trinajstić information content (AvgIpc) is 3.47. The van der Waals surface area contributed by atoms with Crippen LogP contribution < -0.4 is 10.1 Å². The van der Waals surface area contributed by atoms with Crippen LogP contribution in [-0.2, 0) is 9.84 Å². The van der Waals surface area contributed by atoms with Crippen LogP contribution in [0.5, 0.6) is 11.5 Å². The second kappa shape index (κ2) is 6.43. The molecular weight excluding hydrogens is 350 g/mol. The highest BCUT2D eigenvalue weighted by atomic mass is 32.2. The van der Waals surface area contributed by atoms with E-state index in [0.29, 0.717) is 40.2 Å². The SMILES string of the molecule is CNC(=O)c1ccccc1Oc1ccc2c(c1)S(=O)(=O)CCC2C1CC1. The number of fused-ring (bicyclic) bond motifs is 1. The monoisotopic (exact) mass is 371 g/mol. The lowest BCUT2D eigenvalue weighted by Crippen LogP contribution is -2.21. The van der Waals surface area contributed by atoms with Crippen molar-refractivity contribution in [1.82, 2.24) is 5.32 Å². The third-order valence-corrected chi connectivity index (χ3v) is 6.99. The maximum atomic E-state index is 12.6. The lowest BCUT2D eigenvalue weighted by atomic mass is 9.91. The lowest BCUT2D eigenvalue weighted by Gasteiger charge is -2.26. The Morgan fingerprint density at radius 1 is 1.12 bits per heavy atom. The van der Waals surface area contributed by atoms with Gasteiger partial charge in [0.15, 0.2) is 9.84 Å². The van der Waals surface area contributed by atoms with Gasteiger partial charge in [-0.15, -0.1) is 0 Å². The molecule has 136 valence electrons. The van der Waals surface area contributed by atoms with E-state index in [1.54, 1.807) is 43.4 Å². The Morgan fingerprint density at radius 2 is 1.88 bits per heavy atom. The summed E-state index contributed by atoms with van der Waals surface area (Å²) in [6.07, 6.45) is 3.07. The van der Waals surface area contributed by atoms with Crippen molar-refractivity contribution < 1.29 is 17.9 Å². The summed E-state index contributed by atoms with van der Waals surface area (Å²) in [6, 6.07) is 12.2. The summed E-state index contributed by atoms with van der Waals surface area (Å²) in [4.78, 5) is 12.4. The Morgan fingerprint density at radius 3 is 2.62 bits per heavy atom. The molecule has 0 bridgehead atoms. The molecule has 1 heterocycles. The first-order valence-corrected chi connectivity index (χ1v) is 10.5. The van der Waals surface area contributed by atoms with Gasteiger partial charge in [-0.3, -0.25) is 4.79 Å². The summed E-state index contributed by atoms with van der Waals surface area (Å²) in [5.41, 5.74) is 1.33. The summed E-state index contributed by atoms with van der Waals surface area (Å²) in [6.45, 7) is 0. The highest BCUT2D eigenvalue weighted by molar-refractivity contribution is 7.91. The third-order valence-electron chi connectivity index (χ3n) is 5.19. The number of amides is 1. The highest BCUT2D eigenvalue weighted by Gasteiger charge is 2.39. The van der Waals surface area contributed by atoms with Crippen molar-refractivity contribution in [1.29, 1.82) is 0 Å². The molecule has 1 N–H and O–H groups in total. The topological polar surface area (TPSA) is 72.5 Å². The van der Waals surface area contributed by atoms with Crippen molar-refractivity contribution in [3.8, 4) is 11.5 Å². The third kappa shape index (κ3) is 3.09. The predicted molar refractivity (Wildman–Crippen MR) is 98.5 cm³/mol. The quantitative estimate of drug-likeness (QED) is 0.893. The molecule has 1 saturated carbocycles. The summed E-state index contributed by atoms with van der Waals surface area (Å²) < 4.78 is 31.0. The van der Waals surface area contributed by atoms with Crippen LogP contribution in [0.3, 0.4) is 0 Å². The molecule has 26 heavy (non-hydrogen) atoms. The minimum absolute atomic E-state index is 0.194. The van der Waals surface area contributed by atoms with E-state index in [1.807, 2.05) is 6.07 Å². The second-order valence-electron chi connectivity index (χ2n) is 6.93. The lowest BCUT2D eigenvalue weighted by molar-refractivity contribution is 0.0961. The van der Waals surface area contributed by atoms with Gasteiger partial charge in [-0.25, -0.2) is 8.42 Å². The highest BCUT2D eigenvalue weighted by Crippen LogP contribution is 2.49. The molecule has 0 saturated heterocycles. The number of carbonyl (C=O) groups excluding carboxylic acids is 1. The summed E-state index contributed by atoms with van der Waals surface area (Å²) in [5, 5.41) is 2.58. The van der Waals surface area contributed by atoms with Crippen molar-refractivity contribution in [3.05, 3.63) is 53.6 Å². The van der Waals surface area contributed by atoms with Gasteiger partial charge in [0.25, 0.3) is 5.91 Å². The van der Waals surface area contributed by atoms with Gasteiger partial charge in [0.05, 0.1) is 16.2 Å². The van der Waals surface area contributed by atoms with Crippen LogP contribution in [0, 0.1) is 5.92 Å². The van der Waals surface area contributed by atoms with Crippen LogP contribution in [0.25, 0.3) is 0 Å². The predicted octanol–water partition coefficient (Wildman–Crippen LogP) is 3.51. The molecular formula is C20H21NO4S.